The second-order valence-corrected chi connectivity index (χ2v) is 4.58. The summed E-state index contributed by atoms with van der Waals surface area (Å²) in [5.74, 6) is 0.423. The number of carbonyl (C=O) groups is 1. The monoisotopic (exact) mass is 270 g/mol. The molecule has 4 nitrogen and oxygen atoms in total. The summed E-state index contributed by atoms with van der Waals surface area (Å²) in [6.45, 7) is 2.07. The van der Waals surface area contributed by atoms with E-state index in [0.29, 0.717) is 5.56 Å². The topological polar surface area (TPSA) is 64.3 Å². The molecule has 104 valence electrons. The average Bonchev–Trinajstić information content (AvgIpc) is 2.48. The van der Waals surface area contributed by atoms with Crippen LogP contribution in [0.25, 0.3) is 0 Å². The maximum atomic E-state index is 11.0. The highest BCUT2D eigenvalue weighted by atomic mass is 16.5. The van der Waals surface area contributed by atoms with E-state index < -0.39 is 5.91 Å². The number of carbonyl (C=O) groups excluding carboxylic acids is 1. The smallest absolute Gasteiger partial charge is 0.248 e. The number of primary amides is 1. The molecule has 0 aliphatic carbocycles. The minimum absolute atomic E-state index is 0.153. The van der Waals surface area contributed by atoms with E-state index in [1.807, 2.05) is 36.4 Å². The Bertz CT molecular complexity index is 576. The number of rotatable bonds is 5. The van der Waals surface area contributed by atoms with Gasteiger partial charge < -0.3 is 15.8 Å². The molecule has 0 fully saturated rings. The van der Waals surface area contributed by atoms with E-state index in [0.717, 1.165) is 17.0 Å². The number of nitrogens with two attached hydrogens (primary N) is 1. The molecular formula is C16H18N2O2. The zero-order valence-corrected chi connectivity index (χ0v) is 11.6. The Morgan fingerprint density at radius 3 is 2.20 bits per heavy atom. The van der Waals surface area contributed by atoms with Gasteiger partial charge in [-0.1, -0.05) is 12.1 Å². The van der Waals surface area contributed by atoms with E-state index in [1.54, 1.807) is 19.2 Å². The minimum atomic E-state index is -0.417. The van der Waals surface area contributed by atoms with Crippen LogP contribution < -0.4 is 15.8 Å². The quantitative estimate of drug-likeness (QED) is 0.878. The predicted molar refractivity (Wildman–Crippen MR) is 80.0 cm³/mol. The molecule has 0 bridgehead atoms. The highest BCUT2D eigenvalue weighted by Crippen LogP contribution is 2.21. The van der Waals surface area contributed by atoms with Crippen molar-refractivity contribution in [2.45, 2.75) is 13.0 Å². The van der Waals surface area contributed by atoms with E-state index in [2.05, 4.69) is 12.2 Å². The Balaban J connectivity index is 2.06. The van der Waals surface area contributed by atoms with Gasteiger partial charge in [0.1, 0.15) is 5.75 Å². The SMILES string of the molecule is COc1ccc(C(C)Nc2ccc(C(N)=O)cc2)cc1. The van der Waals surface area contributed by atoms with Crippen LogP contribution in [0.2, 0.25) is 0 Å². The second kappa shape index (κ2) is 6.10. The number of methoxy groups -OCH3 is 1. The first-order valence-corrected chi connectivity index (χ1v) is 6.40. The summed E-state index contributed by atoms with van der Waals surface area (Å²) >= 11 is 0. The molecule has 0 aromatic heterocycles. The van der Waals surface area contributed by atoms with Gasteiger partial charge in [-0.3, -0.25) is 4.79 Å². The number of hydrogen-bond acceptors (Lipinski definition) is 3. The molecule has 0 saturated carbocycles. The van der Waals surface area contributed by atoms with Gasteiger partial charge in [-0.15, -0.1) is 0 Å². The maximum absolute atomic E-state index is 11.0. The summed E-state index contributed by atoms with van der Waals surface area (Å²) in [4.78, 5) is 11.0. The molecule has 0 radical (unpaired) electrons. The summed E-state index contributed by atoms with van der Waals surface area (Å²) in [6, 6.07) is 15.2. The van der Waals surface area contributed by atoms with Gasteiger partial charge in [0.25, 0.3) is 0 Å². The van der Waals surface area contributed by atoms with Crippen LogP contribution in [0.3, 0.4) is 0 Å². The van der Waals surface area contributed by atoms with E-state index in [1.165, 1.54) is 0 Å². The van der Waals surface area contributed by atoms with Crippen LogP contribution in [0.1, 0.15) is 28.9 Å². The van der Waals surface area contributed by atoms with Crippen molar-refractivity contribution in [2.24, 2.45) is 5.73 Å². The summed E-state index contributed by atoms with van der Waals surface area (Å²) < 4.78 is 5.14. The third kappa shape index (κ3) is 3.29. The average molecular weight is 270 g/mol. The number of hydrogen-bond donors (Lipinski definition) is 2. The van der Waals surface area contributed by atoms with Crippen molar-refractivity contribution in [1.82, 2.24) is 0 Å². The molecule has 0 aliphatic rings. The maximum Gasteiger partial charge on any atom is 0.248 e. The first-order valence-electron chi connectivity index (χ1n) is 6.40. The fraction of sp³-hybridized carbons (Fsp3) is 0.188. The largest absolute Gasteiger partial charge is 0.497 e. The lowest BCUT2D eigenvalue weighted by atomic mass is 10.1. The zero-order chi connectivity index (χ0) is 14.5. The van der Waals surface area contributed by atoms with Crippen molar-refractivity contribution in [2.75, 3.05) is 12.4 Å². The van der Waals surface area contributed by atoms with Gasteiger partial charge >= 0.3 is 0 Å². The van der Waals surface area contributed by atoms with Crippen LogP contribution in [-0.4, -0.2) is 13.0 Å². The third-order valence-electron chi connectivity index (χ3n) is 3.17. The summed E-state index contributed by atoms with van der Waals surface area (Å²) in [5.41, 5.74) is 7.82. The van der Waals surface area contributed by atoms with E-state index in [-0.39, 0.29) is 6.04 Å². The highest BCUT2D eigenvalue weighted by molar-refractivity contribution is 5.93. The van der Waals surface area contributed by atoms with E-state index in [9.17, 15) is 4.79 Å². The molecule has 1 unspecified atom stereocenters. The normalized spacial score (nSPS) is 11.7. The lowest BCUT2D eigenvalue weighted by Crippen LogP contribution is -2.11. The Labute approximate surface area is 118 Å². The number of benzene rings is 2. The molecule has 1 atom stereocenters. The molecule has 0 aliphatic heterocycles. The van der Waals surface area contributed by atoms with Gasteiger partial charge in [0.05, 0.1) is 7.11 Å². The van der Waals surface area contributed by atoms with Crippen LogP contribution in [0, 0.1) is 0 Å². The number of amides is 1. The van der Waals surface area contributed by atoms with Gasteiger partial charge in [-0.05, 0) is 48.9 Å². The zero-order valence-electron chi connectivity index (χ0n) is 11.6. The standard InChI is InChI=1S/C16H18N2O2/c1-11(12-5-9-15(20-2)10-6-12)18-14-7-3-13(4-8-14)16(17)19/h3-11,18H,1-2H3,(H2,17,19). The predicted octanol–water partition coefficient (Wildman–Crippen LogP) is 2.97. The molecule has 1 amide bonds. The molecule has 2 rings (SSSR count). The molecular weight excluding hydrogens is 252 g/mol. The van der Waals surface area contributed by atoms with Crippen LogP contribution >= 0.6 is 0 Å². The number of nitrogens with one attached hydrogen (secondary N) is 1. The molecule has 20 heavy (non-hydrogen) atoms. The van der Waals surface area contributed by atoms with Crippen molar-refractivity contribution < 1.29 is 9.53 Å². The molecule has 0 heterocycles. The molecule has 4 heteroatoms. The molecule has 3 N–H and O–H groups in total. The fourth-order valence-electron chi connectivity index (χ4n) is 1.96. The first kappa shape index (κ1) is 13.9. The minimum Gasteiger partial charge on any atom is -0.497 e. The van der Waals surface area contributed by atoms with Crippen LogP contribution in [-0.2, 0) is 0 Å². The Morgan fingerprint density at radius 1 is 1.10 bits per heavy atom. The van der Waals surface area contributed by atoms with E-state index >= 15 is 0 Å². The fourth-order valence-corrected chi connectivity index (χ4v) is 1.96. The van der Waals surface area contributed by atoms with Crippen molar-refractivity contribution in [1.29, 1.82) is 0 Å². The van der Waals surface area contributed by atoms with Crippen molar-refractivity contribution in [3.05, 3.63) is 59.7 Å². The van der Waals surface area contributed by atoms with Crippen LogP contribution in [0.15, 0.2) is 48.5 Å². The lowest BCUT2D eigenvalue weighted by Gasteiger charge is -2.16. The summed E-state index contributed by atoms with van der Waals surface area (Å²) in [6.07, 6.45) is 0. The Hall–Kier alpha value is -2.49. The van der Waals surface area contributed by atoms with Gasteiger partial charge in [-0.25, -0.2) is 0 Å². The first-order chi connectivity index (χ1) is 9.60. The number of ether oxygens (including phenoxy) is 1. The van der Waals surface area contributed by atoms with Crippen LogP contribution in [0.5, 0.6) is 5.75 Å². The Morgan fingerprint density at radius 2 is 1.70 bits per heavy atom. The number of anilines is 1. The van der Waals surface area contributed by atoms with E-state index in [4.69, 9.17) is 10.5 Å². The van der Waals surface area contributed by atoms with Gasteiger partial charge in [-0.2, -0.15) is 0 Å². The molecule has 0 spiro atoms. The van der Waals surface area contributed by atoms with Crippen molar-refractivity contribution in [3.63, 3.8) is 0 Å². The summed E-state index contributed by atoms with van der Waals surface area (Å²) in [7, 11) is 1.65. The molecule has 2 aromatic carbocycles. The van der Waals surface area contributed by atoms with Gasteiger partial charge in [0.15, 0.2) is 0 Å². The second-order valence-electron chi connectivity index (χ2n) is 4.58. The van der Waals surface area contributed by atoms with Crippen LogP contribution in [0.4, 0.5) is 5.69 Å². The van der Waals surface area contributed by atoms with Gasteiger partial charge in [0.2, 0.25) is 5.91 Å². The molecule has 2 aromatic rings. The third-order valence-corrected chi connectivity index (χ3v) is 3.17. The highest BCUT2D eigenvalue weighted by Gasteiger charge is 2.06. The van der Waals surface area contributed by atoms with Gasteiger partial charge in [0, 0.05) is 17.3 Å². The summed E-state index contributed by atoms with van der Waals surface area (Å²) in [5, 5.41) is 3.37. The lowest BCUT2D eigenvalue weighted by molar-refractivity contribution is 0.100. The van der Waals surface area contributed by atoms with Crippen molar-refractivity contribution in [3.8, 4) is 5.75 Å². The Kier molecular flexibility index (Phi) is 4.25. The van der Waals surface area contributed by atoms with Crippen molar-refractivity contribution >= 4 is 11.6 Å². The molecule has 0 saturated heterocycles.